The Hall–Kier alpha value is -2.10. The number of halogens is 1. The van der Waals surface area contributed by atoms with E-state index in [1.54, 1.807) is 52.2 Å². The molecule has 0 aliphatic heterocycles. The predicted octanol–water partition coefficient (Wildman–Crippen LogP) is 3.45. The number of ether oxygens (including phenoxy) is 1. The lowest BCUT2D eigenvalue weighted by Gasteiger charge is -2.21. The Morgan fingerprint density at radius 1 is 1.36 bits per heavy atom. The van der Waals surface area contributed by atoms with E-state index in [2.05, 4.69) is 15.5 Å². The first kappa shape index (κ1) is 20.6. The van der Waals surface area contributed by atoms with Gasteiger partial charge >= 0.3 is 0 Å². The first-order valence-corrected chi connectivity index (χ1v) is 10.7. The van der Waals surface area contributed by atoms with Gasteiger partial charge in [-0.3, -0.25) is 4.79 Å². The van der Waals surface area contributed by atoms with Crippen LogP contribution in [0.15, 0.2) is 46.9 Å². The molecule has 1 unspecified atom stereocenters. The van der Waals surface area contributed by atoms with Gasteiger partial charge in [-0.25, -0.2) is 4.68 Å². The molecule has 10 heteroatoms. The third-order valence-electron chi connectivity index (χ3n) is 3.90. The minimum absolute atomic E-state index is 0.00428. The van der Waals surface area contributed by atoms with Gasteiger partial charge in [-0.2, -0.15) is 0 Å². The van der Waals surface area contributed by atoms with Gasteiger partial charge in [-0.05, 0) is 53.1 Å². The lowest BCUT2D eigenvalue weighted by Crippen LogP contribution is -2.36. The molecule has 0 aliphatic carbocycles. The standard InChI is InChI=1S/C18H20ClN5O2S2/c1-13(28-18-20-21-22-24(18)12-16-4-3-11-27-16)17(25)23(2)9-10-26-15-7-5-14(19)6-8-15/h3-8,11,13H,9-10,12H2,1-2H3. The fraction of sp³-hybridized carbons (Fsp3) is 0.333. The molecule has 7 nitrogen and oxygen atoms in total. The summed E-state index contributed by atoms with van der Waals surface area (Å²) in [6.45, 7) is 3.33. The Balaban J connectivity index is 1.48. The minimum atomic E-state index is -0.311. The number of nitrogens with zero attached hydrogens (tertiary/aromatic N) is 5. The van der Waals surface area contributed by atoms with E-state index in [0.717, 1.165) is 10.6 Å². The molecule has 1 aromatic carbocycles. The second kappa shape index (κ2) is 9.90. The van der Waals surface area contributed by atoms with Crippen LogP contribution in [-0.2, 0) is 11.3 Å². The molecule has 0 saturated heterocycles. The average Bonchev–Trinajstić information content (AvgIpc) is 3.35. The summed E-state index contributed by atoms with van der Waals surface area (Å²) in [6, 6.07) is 11.2. The highest BCUT2D eigenvalue weighted by atomic mass is 35.5. The molecule has 1 amide bonds. The maximum Gasteiger partial charge on any atom is 0.235 e. The Labute approximate surface area is 176 Å². The zero-order valence-corrected chi connectivity index (χ0v) is 17.9. The monoisotopic (exact) mass is 437 g/mol. The SMILES string of the molecule is CC(Sc1nnnn1Cc1cccs1)C(=O)N(C)CCOc1ccc(Cl)cc1. The molecule has 1 atom stereocenters. The summed E-state index contributed by atoms with van der Waals surface area (Å²) < 4.78 is 7.36. The molecule has 0 aliphatic rings. The van der Waals surface area contributed by atoms with Gasteiger partial charge in [0.2, 0.25) is 11.1 Å². The van der Waals surface area contributed by atoms with Crippen molar-refractivity contribution in [2.24, 2.45) is 0 Å². The molecule has 0 fully saturated rings. The molecule has 0 spiro atoms. The van der Waals surface area contributed by atoms with Gasteiger partial charge in [0.25, 0.3) is 0 Å². The first-order valence-electron chi connectivity index (χ1n) is 8.61. The van der Waals surface area contributed by atoms with Crippen LogP contribution < -0.4 is 4.74 Å². The van der Waals surface area contributed by atoms with Crippen molar-refractivity contribution in [3.05, 3.63) is 51.7 Å². The fourth-order valence-corrected chi connectivity index (χ4v) is 4.11. The maximum absolute atomic E-state index is 12.6. The van der Waals surface area contributed by atoms with E-state index in [1.165, 1.54) is 11.8 Å². The number of benzene rings is 1. The van der Waals surface area contributed by atoms with E-state index in [4.69, 9.17) is 16.3 Å². The van der Waals surface area contributed by atoms with Gasteiger partial charge in [-0.15, -0.1) is 16.4 Å². The lowest BCUT2D eigenvalue weighted by atomic mass is 10.3. The van der Waals surface area contributed by atoms with E-state index < -0.39 is 0 Å². The van der Waals surface area contributed by atoms with Crippen molar-refractivity contribution < 1.29 is 9.53 Å². The van der Waals surface area contributed by atoms with Crippen LogP contribution in [0.25, 0.3) is 0 Å². The molecule has 0 bridgehead atoms. The molecule has 0 saturated carbocycles. The predicted molar refractivity (Wildman–Crippen MR) is 111 cm³/mol. The van der Waals surface area contributed by atoms with Gasteiger partial charge < -0.3 is 9.64 Å². The van der Waals surface area contributed by atoms with Crippen LogP contribution in [0.3, 0.4) is 0 Å². The van der Waals surface area contributed by atoms with Crippen LogP contribution >= 0.6 is 34.7 Å². The number of thioether (sulfide) groups is 1. The van der Waals surface area contributed by atoms with Crippen LogP contribution in [0.1, 0.15) is 11.8 Å². The second-order valence-corrected chi connectivity index (χ2v) is 8.80. The maximum atomic E-state index is 12.6. The number of carbonyl (C=O) groups is 1. The van der Waals surface area contributed by atoms with Gasteiger partial charge in [0.1, 0.15) is 12.4 Å². The number of hydrogen-bond acceptors (Lipinski definition) is 7. The number of carbonyl (C=O) groups excluding carboxylic acids is 1. The number of likely N-dealkylation sites (N-methyl/N-ethyl adjacent to an activating group) is 1. The summed E-state index contributed by atoms with van der Waals surface area (Å²) in [5.74, 6) is 0.718. The summed E-state index contributed by atoms with van der Waals surface area (Å²) in [5.41, 5.74) is 0. The van der Waals surface area contributed by atoms with Crippen LogP contribution in [0.4, 0.5) is 0 Å². The average molecular weight is 438 g/mol. The van der Waals surface area contributed by atoms with Gasteiger partial charge in [0.15, 0.2) is 0 Å². The van der Waals surface area contributed by atoms with Gasteiger partial charge in [0, 0.05) is 16.9 Å². The fourth-order valence-electron chi connectivity index (χ4n) is 2.39. The van der Waals surface area contributed by atoms with Crippen molar-refractivity contribution in [1.29, 1.82) is 0 Å². The molecule has 3 rings (SSSR count). The van der Waals surface area contributed by atoms with Crippen molar-refractivity contribution in [2.45, 2.75) is 23.9 Å². The normalized spacial score (nSPS) is 12.0. The first-order chi connectivity index (χ1) is 13.5. The van der Waals surface area contributed by atoms with E-state index in [1.807, 2.05) is 24.4 Å². The summed E-state index contributed by atoms with van der Waals surface area (Å²) in [6.07, 6.45) is 0. The van der Waals surface area contributed by atoms with Crippen molar-refractivity contribution in [2.75, 3.05) is 20.2 Å². The summed E-state index contributed by atoms with van der Waals surface area (Å²) in [7, 11) is 1.76. The van der Waals surface area contributed by atoms with E-state index in [-0.39, 0.29) is 11.2 Å². The Bertz CT molecular complexity index is 886. The zero-order valence-electron chi connectivity index (χ0n) is 15.5. The lowest BCUT2D eigenvalue weighted by molar-refractivity contribution is -0.129. The quantitative estimate of drug-likeness (QED) is 0.477. The molecule has 0 radical (unpaired) electrons. The smallest absolute Gasteiger partial charge is 0.235 e. The second-order valence-electron chi connectivity index (χ2n) is 6.02. The molecule has 3 aromatic rings. The Kier molecular flexibility index (Phi) is 7.30. The highest BCUT2D eigenvalue weighted by Gasteiger charge is 2.21. The largest absolute Gasteiger partial charge is 0.492 e. The van der Waals surface area contributed by atoms with Crippen molar-refractivity contribution in [1.82, 2.24) is 25.1 Å². The third-order valence-corrected chi connectivity index (χ3v) is 6.07. The molecule has 0 N–H and O–H groups in total. The molecule has 28 heavy (non-hydrogen) atoms. The third kappa shape index (κ3) is 5.70. The minimum Gasteiger partial charge on any atom is -0.492 e. The number of rotatable bonds is 9. The summed E-state index contributed by atoms with van der Waals surface area (Å²) in [5, 5.41) is 14.8. The van der Waals surface area contributed by atoms with E-state index in [0.29, 0.717) is 29.9 Å². The molecular formula is C18H20ClN5O2S2. The van der Waals surface area contributed by atoms with Crippen LogP contribution in [0.2, 0.25) is 5.02 Å². The molecule has 2 heterocycles. The number of amides is 1. The van der Waals surface area contributed by atoms with Crippen molar-refractivity contribution >= 4 is 40.6 Å². The van der Waals surface area contributed by atoms with Crippen LogP contribution in [0, 0.1) is 0 Å². The Morgan fingerprint density at radius 2 is 2.14 bits per heavy atom. The van der Waals surface area contributed by atoms with Gasteiger partial charge in [-0.1, -0.05) is 29.4 Å². The summed E-state index contributed by atoms with van der Waals surface area (Å²) >= 11 is 8.85. The Morgan fingerprint density at radius 3 is 2.86 bits per heavy atom. The van der Waals surface area contributed by atoms with Crippen molar-refractivity contribution in [3.63, 3.8) is 0 Å². The number of thiophene rings is 1. The molecule has 148 valence electrons. The number of hydrogen-bond donors (Lipinski definition) is 0. The van der Waals surface area contributed by atoms with Gasteiger partial charge in [0.05, 0.1) is 18.3 Å². The topological polar surface area (TPSA) is 73.1 Å². The molecule has 2 aromatic heterocycles. The zero-order chi connectivity index (χ0) is 19.9. The van der Waals surface area contributed by atoms with Crippen LogP contribution in [-0.4, -0.2) is 56.5 Å². The highest BCUT2D eigenvalue weighted by Crippen LogP contribution is 2.23. The van der Waals surface area contributed by atoms with E-state index in [9.17, 15) is 4.79 Å². The van der Waals surface area contributed by atoms with Crippen molar-refractivity contribution in [3.8, 4) is 5.75 Å². The van der Waals surface area contributed by atoms with E-state index >= 15 is 0 Å². The summed E-state index contributed by atoms with van der Waals surface area (Å²) in [4.78, 5) is 15.5. The van der Waals surface area contributed by atoms with Crippen LogP contribution in [0.5, 0.6) is 5.75 Å². The number of tetrazole rings is 1. The highest BCUT2D eigenvalue weighted by molar-refractivity contribution is 8.00. The molecular weight excluding hydrogens is 418 g/mol. The number of aromatic nitrogens is 4.